The first-order valence-corrected chi connectivity index (χ1v) is 7.14. The van der Waals surface area contributed by atoms with Crippen LogP contribution >= 0.6 is 0 Å². The second-order valence-corrected chi connectivity index (χ2v) is 5.83. The number of hydrogen-bond donors (Lipinski definition) is 0. The lowest BCUT2D eigenvalue weighted by Crippen LogP contribution is -2.47. The summed E-state index contributed by atoms with van der Waals surface area (Å²) in [7, 11) is 1.39. The number of piperidine rings is 1. The summed E-state index contributed by atoms with van der Waals surface area (Å²) in [5.74, 6) is -0.408. The van der Waals surface area contributed by atoms with E-state index in [0.717, 1.165) is 25.9 Å². The number of rotatable bonds is 3. The molecule has 1 amide bonds. The molecule has 0 aliphatic carbocycles. The zero-order valence-corrected chi connectivity index (χ0v) is 12.1. The van der Waals surface area contributed by atoms with Gasteiger partial charge in [0.25, 0.3) is 0 Å². The number of methoxy groups -OCH3 is 1. The largest absolute Gasteiger partial charge is 0.469 e. The highest BCUT2D eigenvalue weighted by Crippen LogP contribution is 2.26. The number of nitrogens with zero attached hydrogens (tertiary/aromatic N) is 2. The minimum Gasteiger partial charge on any atom is -0.469 e. The number of carbonyl (C=O) groups is 2. The first-order valence-electron chi connectivity index (χ1n) is 7.14. The number of esters is 1. The van der Waals surface area contributed by atoms with Gasteiger partial charge in [-0.3, -0.25) is 9.59 Å². The summed E-state index contributed by atoms with van der Waals surface area (Å²) in [6.45, 7) is 7.02. The van der Waals surface area contributed by atoms with Crippen LogP contribution in [0.15, 0.2) is 0 Å². The number of ether oxygens (including phenoxy) is 1. The highest BCUT2D eigenvalue weighted by atomic mass is 16.5. The molecule has 0 bridgehead atoms. The van der Waals surface area contributed by atoms with Gasteiger partial charge in [-0.05, 0) is 26.7 Å². The van der Waals surface area contributed by atoms with Gasteiger partial charge in [-0.25, -0.2) is 0 Å². The maximum Gasteiger partial charge on any atom is 0.310 e. The molecule has 5 heteroatoms. The Bertz CT molecular complexity index is 349. The number of hydrogen-bond acceptors (Lipinski definition) is 4. The van der Waals surface area contributed by atoms with Gasteiger partial charge >= 0.3 is 5.97 Å². The highest BCUT2D eigenvalue weighted by Gasteiger charge is 2.39. The smallest absolute Gasteiger partial charge is 0.310 e. The fourth-order valence-corrected chi connectivity index (χ4v) is 3.12. The van der Waals surface area contributed by atoms with Crippen LogP contribution in [0, 0.1) is 5.92 Å². The summed E-state index contributed by atoms with van der Waals surface area (Å²) >= 11 is 0. The third-order valence-electron chi connectivity index (χ3n) is 4.36. The Hall–Kier alpha value is -1.10. The molecular formula is C14H24N2O3. The van der Waals surface area contributed by atoms with E-state index in [1.165, 1.54) is 7.11 Å². The third kappa shape index (κ3) is 3.08. The summed E-state index contributed by atoms with van der Waals surface area (Å²) in [6, 6.07) is 0.871. The van der Waals surface area contributed by atoms with Gasteiger partial charge in [0.2, 0.25) is 5.91 Å². The van der Waals surface area contributed by atoms with Crippen LogP contribution in [0.5, 0.6) is 0 Å². The van der Waals surface area contributed by atoms with Crippen LogP contribution in [0.2, 0.25) is 0 Å². The van der Waals surface area contributed by atoms with Gasteiger partial charge in [0.05, 0.1) is 13.0 Å². The minimum absolute atomic E-state index is 0.110. The normalized spacial score (nSPS) is 26.2. The fraction of sp³-hybridized carbons (Fsp3) is 0.857. The highest BCUT2D eigenvalue weighted by molar-refractivity contribution is 5.87. The Kier molecular flexibility index (Phi) is 4.45. The number of amides is 1. The van der Waals surface area contributed by atoms with E-state index in [0.29, 0.717) is 25.0 Å². The molecule has 0 radical (unpaired) electrons. The number of carbonyl (C=O) groups excluding carboxylic acids is 2. The van der Waals surface area contributed by atoms with E-state index < -0.39 is 0 Å². The minimum atomic E-state index is -0.263. The average molecular weight is 268 g/mol. The average Bonchev–Trinajstić information content (AvgIpc) is 2.80. The van der Waals surface area contributed by atoms with Crippen LogP contribution in [-0.4, -0.2) is 60.5 Å². The Morgan fingerprint density at radius 2 is 1.95 bits per heavy atom. The van der Waals surface area contributed by atoms with Crippen LogP contribution in [-0.2, 0) is 14.3 Å². The SMILES string of the molecule is COC(=O)C1CC(=O)N(C2CCN(C(C)C)CC2)C1. The van der Waals surface area contributed by atoms with Gasteiger partial charge in [0, 0.05) is 38.1 Å². The maximum absolute atomic E-state index is 12.0. The molecule has 2 aliphatic heterocycles. The molecule has 0 spiro atoms. The van der Waals surface area contributed by atoms with E-state index in [1.807, 2.05) is 4.90 Å². The van der Waals surface area contributed by atoms with Crippen molar-refractivity contribution in [1.29, 1.82) is 0 Å². The van der Waals surface area contributed by atoms with Crippen molar-refractivity contribution in [1.82, 2.24) is 9.80 Å². The second kappa shape index (κ2) is 5.90. The number of likely N-dealkylation sites (tertiary alicyclic amines) is 2. The molecule has 5 nitrogen and oxygen atoms in total. The molecule has 2 aliphatic rings. The van der Waals surface area contributed by atoms with E-state index >= 15 is 0 Å². The summed E-state index contributed by atoms with van der Waals surface area (Å²) in [5.41, 5.74) is 0. The van der Waals surface area contributed by atoms with Crippen molar-refractivity contribution in [2.24, 2.45) is 5.92 Å². The van der Waals surface area contributed by atoms with Gasteiger partial charge in [0.1, 0.15) is 0 Å². The van der Waals surface area contributed by atoms with Gasteiger partial charge in [-0.15, -0.1) is 0 Å². The van der Waals surface area contributed by atoms with Gasteiger partial charge < -0.3 is 14.5 Å². The van der Waals surface area contributed by atoms with E-state index in [2.05, 4.69) is 18.7 Å². The topological polar surface area (TPSA) is 49.9 Å². The summed E-state index contributed by atoms with van der Waals surface area (Å²) < 4.78 is 4.74. The molecule has 0 aromatic heterocycles. The lowest BCUT2D eigenvalue weighted by molar-refractivity contribution is -0.145. The molecule has 0 saturated carbocycles. The Labute approximate surface area is 114 Å². The van der Waals surface area contributed by atoms with E-state index in [1.54, 1.807) is 0 Å². The van der Waals surface area contributed by atoms with Crippen LogP contribution in [0.25, 0.3) is 0 Å². The van der Waals surface area contributed by atoms with Crippen molar-refractivity contribution in [3.05, 3.63) is 0 Å². The second-order valence-electron chi connectivity index (χ2n) is 5.83. The molecule has 2 fully saturated rings. The Morgan fingerprint density at radius 3 is 2.47 bits per heavy atom. The van der Waals surface area contributed by atoms with Gasteiger partial charge in [0.15, 0.2) is 0 Å². The molecule has 19 heavy (non-hydrogen) atoms. The summed E-state index contributed by atoms with van der Waals surface area (Å²) in [4.78, 5) is 27.9. The molecule has 1 unspecified atom stereocenters. The molecule has 1 atom stereocenters. The zero-order valence-electron chi connectivity index (χ0n) is 12.1. The first-order chi connectivity index (χ1) is 9.02. The Balaban J connectivity index is 1.90. The van der Waals surface area contributed by atoms with Crippen molar-refractivity contribution in [2.45, 2.75) is 45.2 Å². The van der Waals surface area contributed by atoms with Gasteiger partial charge in [-0.2, -0.15) is 0 Å². The molecule has 2 rings (SSSR count). The fourth-order valence-electron chi connectivity index (χ4n) is 3.12. The first kappa shape index (κ1) is 14.3. The van der Waals surface area contributed by atoms with Crippen LogP contribution in [0.1, 0.15) is 33.1 Å². The Morgan fingerprint density at radius 1 is 1.32 bits per heavy atom. The predicted molar refractivity (Wildman–Crippen MR) is 71.6 cm³/mol. The molecule has 2 heterocycles. The van der Waals surface area contributed by atoms with Crippen molar-refractivity contribution in [3.63, 3.8) is 0 Å². The van der Waals surface area contributed by atoms with E-state index in [4.69, 9.17) is 4.74 Å². The third-order valence-corrected chi connectivity index (χ3v) is 4.36. The maximum atomic E-state index is 12.0. The van der Waals surface area contributed by atoms with E-state index in [9.17, 15) is 9.59 Å². The zero-order chi connectivity index (χ0) is 14.0. The molecule has 0 aromatic rings. The van der Waals surface area contributed by atoms with Crippen LogP contribution in [0.4, 0.5) is 0 Å². The van der Waals surface area contributed by atoms with E-state index in [-0.39, 0.29) is 17.8 Å². The quantitative estimate of drug-likeness (QED) is 0.713. The lowest BCUT2D eigenvalue weighted by Gasteiger charge is -2.38. The molecule has 0 aromatic carbocycles. The predicted octanol–water partition coefficient (Wildman–Crippen LogP) is 0.881. The summed E-state index contributed by atoms with van der Waals surface area (Å²) in [6.07, 6.45) is 2.34. The summed E-state index contributed by atoms with van der Waals surface area (Å²) in [5, 5.41) is 0. The van der Waals surface area contributed by atoms with Crippen LogP contribution < -0.4 is 0 Å². The van der Waals surface area contributed by atoms with Crippen molar-refractivity contribution in [3.8, 4) is 0 Å². The lowest BCUT2D eigenvalue weighted by atomic mass is 10.0. The standard InChI is InChI=1S/C14H24N2O3/c1-10(2)15-6-4-12(5-7-15)16-9-11(8-13(16)17)14(18)19-3/h10-12H,4-9H2,1-3H3. The van der Waals surface area contributed by atoms with Crippen molar-refractivity contribution < 1.29 is 14.3 Å². The van der Waals surface area contributed by atoms with Crippen molar-refractivity contribution in [2.75, 3.05) is 26.7 Å². The van der Waals surface area contributed by atoms with Crippen molar-refractivity contribution >= 4 is 11.9 Å². The molecular weight excluding hydrogens is 244 g/mol. The monoisotopic (exact) mass is 268 g/mol. The molecule has 2 saturated heterocycles. The van der Waals surface area contributed by atoms with Crippen LogP contribution in [0.3, 0.4) is 0 Å². The molecule has 108 valence electrons. The molecule has 0 N–H and O–H groups in total. The van der Waals surface area contributed by atoms with Gasteiger partial charge in [-0.1, -0.05) is 0 Å².